The average Bonchev–Trinajstić information content (AvgIpc) is 2.84. The zero-order valence-electron chi connectivity index (χ0n) is 10.1. The summed E-state index contributed by atoms with van der Waals surface area (Å²) in [5, 5.41) is 10.4. The van der Waals surface area contributed by atoms with Crippen LogP contribution in [0.3, 0.4) is 0 Å². The lowest BCUT2D eigenvalue weighted by Gasteiger charge is -2.04. The Hall–Kier alpha value is -2.53. The van der Waals surface area contributed by atoms with E-state index in [0.29, 0.717) is 5.56 Å². The number of nitriles is 1. The molecule has 2 aromatic carbocycles. The number of nitrogens with one attached hydrogen (secondary N) is 1. The van der Waals surface area contributed by atoms with Crippen LogP contribution in [0.25, 0.3) is 22.0 Å². The van der Waals surface area contributed by atoms with Crippen LogP contribution in [-0.2, 0) is 0 Å². The number of hydrogen-bond acceptors (Lipinski definition) is 1. The van der Waals surface area contributed by atoms with E-state index >= 15 is 0 Å². The Morgan fingerprint density at radius 2 is 1.83 bits per heavy atom. The van der Waals surface area contributed by atoms with Gasteiger partial charge in [0, 0.05) is 28.2 Å². The maximum absolute atomic E-state index is 9.20. The molecule has 1 aromatic heterocycles. The Labute approximate surface area is 106 Å². The van der Waals surface area contributed by atoms with Gasteiger partial charge in [0.05, 0.1) is 11.6 Å². The van der Waals surface area contributed by atoms with Gasteiger partial charge in [-0.1, -0.05) is 30.3 Å². The molecule has 3 aromatic rings. The minimum absolute atomic E-state index is 0.710. The van der Waals surface area contributed by atoms with Gasteiger partial charge in [0.25, 0.3) is 0 Å². The summed E-state index contributed by atoms with van der Waals surface area (Å²) >= 11 is 0. The van der Waals surface area contributed by atoms with Gasteiger partial charge < -0.3 is 4.98 Å². The Morgan fingerprint density at radius 3 is 2.67 bits per heavy atom. The third-order valence-electron chi connectivity index (χ3n) is 3.25. The number of aromatic amines is 1. The highest BCUT2D eigenvalue weighted by Crippen LogP contribution is 2.32. The molecule has 0 aliphatic rings. The number of rotatable bonds is 1. The molecule has 86 valence electrons. The topological polar surface area (TPSA) is 39.6 Å². The van der Waals surface area contributed by atoms with Crippen LogP contribution < -0.4 is 0 Å². The normalized spacial score (nSPS) is 10.4. The van der Waals surface area contributed by atoms with E-state index in [0.717, 1.165) is 16.6 Å². The van der Waals surface area contributed by atoms with Crippen LogP contribution in [-0.4, -0.2) is 4.98 Å². The molecule has 0 fully saturated rings. The number of H-pyrrole nitrogens is 1. The van der Waals surface area contributed by atoms with Crippen molar-refractivity contribution < 1.29 is 0 Å². The second-order valence-electron chi connectivity index (χ2n) is 4.36. The van der Waals surface area contributed by atoms with Crippen molar-refractivity contribution in [2.45, 2.75) is 6.92 Å². The van der Waals surface area contributed by atoms with Crippen molar-refractivity contribution in [2.75, 3.05) is 0 Å². The highest BCUT2D eigenvalue weighted by molar-refractivity contribution is 5.98. The molecule has 0 aliphatic carbocycles. The van der Waals surface area contributed by atoms with Crippen LogP contribution >= 0.6 is 0 Å². The van der Waals surface area contributed by atoms with Crippen molar-refractivity contribution in [1.82, 2.24) is 4.98 Å². The van der Waals surface area contributed by atoms with Crippen molar-refractivity contribution in [1.29, 1.82) is 5.26 Å². The molecule has 0 atom stereocenters. The van der Waals surface area contributed by atoms with Crippen LogP contribution in [0.2, 0.25) is 0 Å². The van der Waals surface area contributed by atoms with Gasteiger partial charge in [-0.15, -0.1) is 0 Å². The fraction of sp³-hybridized carbons (Fsp3) is 0.0625. The van der Waals surface area contributed by atoms with Gasteiger partial charge in [0.2, 0.25) is 0 Å². The van der Waals surface area contributed by atoms with Gasteiger partial charge in [0.1, 0.15) is 0 Å². The van der Waals surface area contributed by atoms with Crippen LogP contribution in [0.1, 0.15) is 11.1 Å². The Balaban J connectivity index is 2.37. The van der Waals surface area contributed by atoms with E-state index in [1.54, 1.807) is 0 Å². The monoisotopic (exact) mass is 232 g/mol. The molecule has 0 saturated heterocycles. The van der Waals surface area contributed by atoms with Crippen LogP contribution in [0, 0.1) is 18.3 Å². The lowest BCUT2D eigenvalue weighted by Crippen LogP contribution is -1.83. The number of hydrogen-bond donors (Lipinski definition) is 1. The number of fused-ring (bicyclic) bond motifs is 1. The molecule has 2 nitrogen and oxygen atoms in total. The molecule has 2 heteroatoms. The lowest BCUT2D eigenvalue weighted by atomic mass is 9.98. The van der Waals surface area contributed by atoms with Gasteiger partial charge in [-0.25, -0.2) is 0 Å². The standard InChI is InChI=1S/C16H12N2/c1-11-5-4-8-15-16(11)14(10-18-15)13-7-3-2-6-12(13)9-17/h2-8,10,18H,1H3. The highest BCUT2D eigenvalue weighted by Gasteiger charge is 2.10. The van der Waals surface area contributed by atoms with E-state index in [9.17, 15) is 5.26 Å². The molecule has 0 saturated carbocycles. The maximum atomic E-state index is 9.20. The SMILES string of the molecule is Cc1cccc2[nH]cc(-c3ccccc3C#N)c12. The second-order valence-corrected chi connectivity index (χ2v) is 4.36. The van der Waals surface area contributed by atoms with Gasteiger partial charge in [-0.2, -0.15) is 5.26 Å². The number of benzene rings is 2. The first-order valence-electron chi connectivity index (χ1n) is 5.87. The van der Waals surface area contributed by atoms with Gasteiger partial charge in [-0.3, -0.25) is 0 Å². The van der Waals surface area contributed by atoms with Crippen LogP contribution in [0.5, 0.6) is 0 Å². The summed E-state index contributed by atoms with van der Waals surface area (Å²) in [7, 11) is 0. The van der Waals surface area contributed by atoms with Gasteiger partial charge in [0.15, 0.2) is 0 Å². The number of aryl methyl sites for hydroxylation is 1. The Bertz CT molecular complexity index is 760. The highest BCUT2D eigenvalue weighted by atomic mass is 14.7. The van der Waals surface area contributed by atoms with Crippen molar-refractivity contribution in [3.63, 3.8) is 0 Å². The Morgan fingerprint density at radius 1 is 1.00 bits per heavy atom. The minimum Gasteiger partial charge on any atom is -0.361 e. The summed E-state index contributed by atoms with van der Waals surface area (Å²) in [5.74, 6) is 0. The summed E-state index contributed by atoms with van der Waals surface area (Å²) < 4.78 is 0. The summed E-state index contributed by atoms with van der Waals surface area (Å²) in [5.41, 5.74) is 5.12. The number of aromatic nitrogens is 1. The van der Waals surface area contributed by atoms with Gasteiger partial charge >= 0.3 is 0 Å². The summed E-state index contributed by atoms with van der Waals surface area (Å²) in [6.07, 6.45) is 1.98. The largest absolute Gasteiger partial charge is 0.361 e. The summed E-state index contributed by atoms with van der Waals surface area (Å²) in [4.78, 5) is 3.27. The zero-order chi connectivity index (χ0) is 12.5. The van der Waals surface area contributed by atoms with Crippen molar-refractivity contribution in [3.8, 4) is 17.2 Å². The first-order valence-corrected chi connectivity index (χ1v) is 5.87. The van der Waals surface area contributed by atoms with Gasteiger partial charge in [-0.05, 0) is 24.6 Å². The minimum atomic E-state index is 0.710. The van der Waals surface area contributed by atoms with Crippen molar-refractivity contribution in [3.05, 3.63) is 59.8 Å². The molecule has 3 rings (SSSR count). The molecule has 0 spiro atoms. The van der Waals surface area contributed by atoms with E-state index < -0.39 is 0 Å². The lowest BCUT2D eigenvalue weighted by molar-refractivity contribution is 1.46. The smallest absolute Gasteiger partial charge is 0.0998 e. The molecular formula is C16H12N2. The van der Waals surface area contributed by atoms with E-state index in [1.165, 1.54) is 10.9 Å². The molecule has 18 heavy (non-hydrogen) atoms. The van der Waals surface area contributed by atoms with Crippen LogP contribution in [0.4, 0.5) is 0 Å². The predicted molar refractivity (Wildman–Crippen MR) is 73.2 cm³/mol. The van der Waals surface area contributed by atoms with E-state index in [1.807, 2.05) is 36.5 Å². The fourth-order valence-electron chi connectivity index (χ4n) is 2.40. The van der Waals surface area contributed by atoms with Crippen LogP contribution in [0.15, 0.2) is 48.7 Å². The summed E-state index contributed by atoms with van der Waals surface area (Å²) in [6, 6.07) is 16.1. The molecule has 0 aliphatic heterocycles. The quantitative estimate of drug-likeness (QED) is 0.676. The molecule has 1 heterocycles. The molecule has 0 amide bonds. The summed E-state index contributed by atoms with van der Waals surface area (Å²) in [6.45, 7) is 2.09. The van der Waals surface area contributed by atoms with E-state index in [2.05, 4.69) is 30.1 Å². The third-order valence-corrected chi connectivity index (χ3v) is 3.25. The molecule has 1 N–H and O–H groups in total. The second kappa shape index (κ2) is 4.05. The zero-order valence-corrected chi connectivity index (χ0v) is 10.1. The Kier molecular flexibility index (Phi) is 2.39. The molecule has 0 unspecified atom stereocenters. The molecular weight excluding hydrogens is 220 g/mol. The fourth-order valence-corrected chi connectivity index (χ4v) is 2.40. The molecule has 0 radical (unpaired) electrons. The first-order chi connectivity index (χ1) is 8.81. The molecule has 0 bridgehead atoms. The maximum Gasteiger partial charge on any atom is 0.0998 e. The van der Waals surface area contributed by atoms with Crippen molar-refractivity contribution in [2.24, 2.45) is 0 Å². The predicted octanol–water partition coefficient (Wildman–Crippen LogP) is 4.02. The number of nitrogens with zero attached hydrogens (tertiary/aromatic N) is 1. The third kappa shape index (κ3) is 1.49. The average molecular weight is 232 g/mol. The van der Waals surface area contributed by atoms with E-state index in [-0.39, 0.29) is 0 Å². The van der Waals surface area contributed by atoms with E-state index in [4.69, 9.17) is 0 Å². The van der Waals surface area contributed by atoms with Crippen molar-refractivity contribution >= 4 is 10.9 Å². The first kappa shape index (κ1) is 10.6.